The summed E-state index contributed by atoms with van der Waals surface area (Å²) in [6, 6.07) is 2.23. The molecule has 2 atom stereocenters. The number of nitrogens with zero attached hydrogens (tertiary/aromatic N) is 1. The molecule has 1 heterocycles. The van der Waals surface area contributed by atoms with Crippen molar-refractivity contribution in [2.45, 2.75) is 45.2 Å². The van der Waals surface area contributed by atoms with Gasteiger partial charge in [-0.3, -0.25) is 15.1 Å². The van der Waals surface area contributed by atoms with E-state index in [0.717, 1.165) is 5.92 Å². The molecule has 0 bridgehead atoms. The number of amides is 1. The van der Waals surface area contributed by atoms with Crippen LogP contribution in [0, 0.1) is 5.92 Å². The summed E-state index contributed by atoms with van der Waals surface area (Å²) in [5.74, 6) is 6.34. The van der Waals surface area contributed by atoms with Crippen molar-refractivity contribution in [2.75, 3.05) is 7.05 Å². The molecule has 1 aromatic heterocycles. The van der Waals surface area contributed by atoms with Crippen LogP contribution in [0.5, 0.6) is 0 Å². The number of carbonyl (C=O) groups excluding carboxylic acids is 1. The maximum Gasteiger partial charge on any atom is 0.268 e. The van der Waals surface area contributed by atoms with E-state index < -0.39 is 0 Å². The molecule has 1 saturated carbocycles. The third-order valence-corrected chi connectivity index (χ3v) is 4.05. The first-order valence-electron chi connectivity index (χ1n) is 6.89. The summed E-state index contributed by atoms with van der Waals surface area (Å²) in [4.78, 5) is 13.9. The number of carbonyl (C=O) groups is 1. The van der Waals surface area contributed by atoms with Crippen molar-refractivity contribution >= 4 is 5.91 Å². The fourth-order valence-corrected chi connectivity index (χ4v) is 2.90. The largest absolute Gasteiger partial charge is 0.467 e. The number of hydrogen-bond acceptors (Lipinski definition) is 4. The van der Waals surface area contributed by atoms with E-state index in [0.29, 0.717) is 23.9 Å². The van der Waals surface area contributed by atoms with Gasteiger partial charge in [0, 0.05) is 6.04 Å². The van der Waals surface area contributed by atoms with Crippen molar-refractivity contribution in [3.63, 3.8) is 0 Å². The Labute approximate surface area is 114 Å². The van der Waals surface area contributed by atoms with Crippen molar-refractivity contribution < 1.29 is 9.21 Å². The molecule has 0 spiro atoms. The van der Waals surface area contributed by atoms with Crippen LogP contribution in [0.2, 0.25) is 0 Å². The van der Waals surface area contributed by atoms with Gasteiger partial charge in [-0.15, -0.1) is 0 Å². The minimum Gasteiger partial charge on any atom is -0.467 e. The lowest BCUT2D eigenvalue weighted by Gasteiger charge is -2.33. The van der Waals surface area contributed by atoms with Crippen LogP contribution >= 0.6 is 0 Å². The third kappa shape index (κ3) is 3.36. The van der Waals surface area contributed by atoms with Gasteiger partial charge in [0.05, 0.1) is 18.4 Å². The monoisotopic (exact) mass is 265 g/mol. The lowest BCUT2D eigenvalue weighted by molar-refractivity contribution is 0.0947. The first-order valence-corrected chi connectivity index (χ1v) is 6.89. The number of rotatable bonds is 4. The van der Waals surface area contributed by atoms with E-state index in [2.05, 4.69) is 24.3 Å². The highest BCUT2D eigenvalue weighted by atomic mass is 16.3. The maximum absolute atomic E-state index is 11.6. The predicted octanol–water partition coefficient (Wildman–Crippen LogP) is 1.89. The van der Waals surface area contributed by atoms with Gasteiger partial charge < -0.3 is 4.42 Å². The number of nitrogens with one attached hydrogen (secondary N) is 1. The van der Waals surface area contributed by atoms with Crippen LogP contribution in [0.1, 0.15) is 48.7 Å². The molecule has 0 aromatic carbocycles. The molecule has 0 radical (unpaired) electrons. The summed E-state index contributed by atoms with van der Waals surface area (Å²) in [6.07, 6.45) is 6.59. The van der Waals surface area contributed by atoms with Crippen molar-refractivity contribution in [3.8, 4) is 0 Å². The average Bonchev–Trinajstić information content (AvgIpc) is 2.86. The molecule has 1 fully saturated rings. The second-order valence-corrected chi connectivity index (χ2v) is 5.57. The molecule has 2 unspecified atom stereocenters. The van der Waals surface area contributed by atoms with Crippen LogP contribution in [0.25, 0.3) is 0 Å². The zero-order valence-electron chi connectivity index (χ0n) is 11.7. The summed E-state index contributed by atoms with van der Waals surface area (Å²) in [5, 5.41) is 0. The molecular formula is C14H23N3O2. The lowest BCUT2D eigenvalue weighted by Crippen LogP contribution is -2.36. The van der Waals surface area contributed by atoms with Gasteiger partial charge in [-0.2, -0.15) is 0 Å². The Morgan fingerprint density at radius 3 is 3.05 bits per heavy atom. The highest BCUT2D eigenvalue weighted by Gasteiger charge is 2.24. The SMILES string of the molecule is CC1CCCC(N(C)Cc2occc2C(=O)NN)C1. The fourth-order valence-electron chi connectivity index (χ4n) is 2.90. The number of hydrazine groups is 1. The first kappa shape index (κ1) is 14.1. The van der Waals surface area contributed by atoms with E-state index >= 15 is 0 Å². The normalized spacial score (nSPS) is 23.6. The Morgan fingerprint density at radius 1 is 1.58 bits per heavy atom. The van der Waals surface area contributed by atoms with Gasteiger partial charge in [0.2, 0.25) is 0 Å². The Kier molecular flexibility index (Phi) is 4.61. The Balaban J connectivity index is 2.00. The van der Waals surface area contributed by atoms with Crippen molar-refractivity contribution in [3.05, 3.63) is 23.7 Å². The summed E-state index contributed by atoms with van der Waals surface area (Å²) in [5.41, 5.74) is 2.68. The molecule has 1 aliphatic carbocycles. The number of nitrogens with two attached hydrogens (primary N) is 1. The summed E-state index contributed by atoms with van der Waals surface area (Å²) >= 11 is 0. The van der Waals surface area contributed by atoms with E-state index in [1.165, 1.54) is 31.9 Å². The molecule has 5 heteroatoms. The van der Waals surface area contributed by atoms with Crippen molar-refractivity contribution in [2.24, 2.45) is 11.8 Å². The van der Waals surface area contributed by atoms with E-state index in [-0.39, 0.29) is 5.91 Å². The molecular weight excluding hydrogens is 242 g/mol. The maximum atomic E-state index is 11.6. The van der Waals surface area contributed by atoms with Gasteiger partial charge in [-0.05, 0) is 31.9 Å². The van der Waals surface area contributed by atoms with Gasteiger partial charge >= 0.3 is 0 Å². The highest BCUT2D eigenvalue weighted by Crippen LogP contribution is 2.27. The molecule has 0 aliphatic heterocycles. The van der Waals surface area contributed by atoms with E-state index in [4.69, 9.17) is 10.3 Å². The van der Waals surface area contributed by atoms with Crippen LogP contribution in [0.4, 0.5) is 0 Å². The number of nitrogen functional groups attached to an aromatic ring is 1. The molecule has 5 nitrogen and oxygen atoms in total. The van der Waals surface area contributed by atoms with Crippen molar-refractivity contribution in [1.82, 2.24) is 10.3 Å². The fraction of sp³-hybridized carbons (Fsp3) is 0.643. The standard InChI is InChI=1S/C14H23N3O2/c1-10-4-3-5-11(8-10)17(2)9-13-12(6-7-19-13)14(18)16-15/h6-7,10-11H,3-5,8-9,15H2,1-2H3,(H,16,18). The van der Waals surface area contributed by atoms with Gasteiger partial charge in [0.1, 0.15) is 5.76 Å². The van der Waals surface area contributed by atoms with Gasteiger partial charge in [0.15, 0.2) is 0 Å². The van der Waals surface area contributed by atoms with E-state index in [1.54, 1.807) is 6.07 Å². The summed E-state index contributed by atoms with van der Waals surface area (Å²) in [7, 11) is 2.09. The average molecular weight is 265 g/mol. The van der Waals surface area contributed by atoms with Crippen LogP contribution in [0.15, 0.2) is 16.7 Å². The van der Waals surface area contributed by atoms with Gasteiger partial charge in [-0.25, -0.2) is 5.84 Å². The zero-order chi connectivity index (χ0) is 13.8. The van der Waals surface area contributed by atoms with Crippen LogP contribution in [0.3, 0.4) is 0 Å². The topological polar surface area (TPSA) is 71.5 Å². The Bertz CT molecular complexity index is 430. The van der Waals surface area contributed by atoms with E-state index in [1.807, 2.05) is 0 Å². The van der Waals surface area contributed by atoms with Crippen LogP contribution < -0.4 is 11.3 Å². The van der Waals surface area contributed by atoms with Crippen LogP contribution in [-0.4, -0.2) is 23.9 Å². The second-order valence-electron chi connectivity index (χ2n) is 5.57. The number of furan rings is 1. The predicted molar refractivity (Wildman–Crippen MR) is 73.2 cm³/mol. The molecule has 19 heavy (non-hydrogen) atoms. The smallest absolute Gasteiger partial charge is 0.268 e. The van der Waals surface area contributed by atoms with Gasteiger partial charge in [-0.1, -0.05) is 19.8 Å². The lowest BCUT2D eigenvalue weighted by atomic mass is 9.86. The first-order chi connectivity index (χ1) is 9.11. The minimum absolute atomic E-state index is 0.297. The molecule has 1 aliphatic rings. The third-order valence-electron chi connectivity index (χ3n) is 4.05. The molecule has 3 N–H and O–H groups in total. The zero-order valence-corrected chi connectivity index (χ0v) is 11.7. The summed E-state index contributed by atoms with van der Waals surface area (Å²) < 4.78 is 5.42. The molecule has 1 aromatic rings. The molecule has 106 valence electrons. The molecule has 0 saturated heterocycles. The Hall–Kier alpha value is -1.33. The van der Waals surface area contributed by atoms with Gasteiger partial charge in [0.25, 0.3) is 5.91 Å². The highest BCUT2D eigenvalue weighted by molar-refractivity contribution is 5.94. The molecule has 2 rings (SSSR count). The number of hydrogen-bond donors (Lipinski definition) is 2. The van der Waals surface area contributed by atoms with E-state index in [9.17, 15) is 4.79 Å². The molecule has 1 amide bonds. The Morgan fingerprint density at radius 2 is 2.37 bits per heavy atom. The summed E-state index contributed by atoms with van der Waals surface area (Å²) in [6.45, 7) is 2.95. The van der Waals surface area contributed by atoms with Crippen molar-refractivity contribution in [1.29, 1.82) is 0 Å². The minimum atomic E-state index is -0.297. The van der Waals surface area contributed by atoms with Crippen LogP contribution in [-0.2, 0) is 6.54 Å². The quantitative estimate of drug-likeness (QED) is 0.495. The second kappa shape index (κ2) is 6.21.